The van der Waals surface area contributed by atoms with Crippen LogP contribution >= 0.6 is 0 Å². The van der Waals surface area contributed by atoms with Crippen molar-refractivity contribution in [1.82, 2.24) is 4.90 Å². The summed E-state index contributed by atoms with van der Waals surface area (Å²) >= 11 is 0. The van der Waals surface area contributed by atoms with Crippen molar-refractivity contribution in [2.45, 2.75) is 13.0 Å². The lowest BCUT2D eigenvalue weighted by atomic mass is 9.96. The second-order valence-electron chi connectivity index (χ2n) is 4.49. The Morgan fingerprint density at radius 1 is 1.50 bits per heavy atom. The normalized spacial score (nSPS) is 18.6. The second-order valence-corrected chi connectivity index (χ2v) is 4.49. The topological polar surface area (TPSA) is 57.6 Å². The number of carbonyl (C=O) groups excluding carboxylic acids is 2. The first-order valence-electron chi connectivity index (χ1n) is 6.09. The van der Waals surface area contributed by atoms with Gasteiger partial charge in [0, 0.05) is 12.1 Å². The van der Waals surface area contributed by atoms with Crippen molar-refractivity contribution in [3.63, 3.8) is 0 Å². The van der Waals surface area contributed by atoms with E-state index in [0.717, 1.165) is 0 Å². The van der Waals surface area contributed by atoms with E-state index in [1.807, 2.05) is 0 Å². The van der Waals surface area contributed by atoms with Crippen LogP contribution < -0.4 is 0 Å². The summed E-state index contributed by atoms with van der Waals surface area (Å²) < 4.78 is 14.0. The van der Waals surface area contributed by atoms with Crippen molar-refractivity contribution in [3.05, 3.63) is 59.6 Å². The third-order valence-corrected chi connectivity index (χ3v) is 3.21. The fourth-order valence-electron chi connectivity index (χ4n) is 2.36. The Morgan fingerprint density at radius 2 is 2.15 bits per heavy atom. The van der Waals surface area contributed by atoms with Crippen LogP contribution in [0, 0.1) is 5.82 Å². The van der Waals surface area contributed by atoms with Gasteiger partial charge in [0.1, 0.15) is 5.82 Å². The van der Waals surface area contributed by atoms with E-state index in [2.05, 4.69) is 6.58 Å². The lowest BCUT2D eigenvalue weighted by Crippen LogP contribution is -2.31. The SMILES string of the molecule is C=CCN1C(=O)C(O)=C(C(C)=O)[C@H]1c1ccccc1F. The Morgan fingerprint density at radius 3 is 2.70 bits per heavy atom. The molecule has 0 spiro atoms. The molecule has 104 valence electrons. The van der Waals surface area contributed by atoms with E-state index in [1.54, 1.807) is 6.07 Å². The summed E-state index contributed by atoms with van der Waals surface area (Å²) in [6.45, 7) is 4.88. The van der Waals surface area contributed by atoms with Gasteiger partial charge in [-0.15, -0.1) is 6.58 Å². The predicted octanol–water partition coefficient (Wildman–Crippen LogP) is 2.30. The minimum atomic E-state index is -0.917. The molecule has 0 unspecified atom stereocenters. The Kier molecular flexibility index (Phi) is 3.70. The van der Waals surface area contributed by atoms with Gasteiger partial charge in [0.05, 0.1) is 11.6 Å². The molecule has 1 aliphatic heterocycles. The first-order valence-corrected chi connectivity index (χ1v) is 6.09. The number of aliphatic hydroxyl groups excluding tert-OH is 1. The van der Waals surface area contributed by atoms with Gasteiger partial charge < -0.3 is 10.0 Å². The van der Waals surface area contributed by atoms with Gasteiger partial charge in [0.15, 0.2) is 11.5 Å². The fraction of sp³-hybridized carbons (Fsp3) is 0.200. The largest absolute Gasteiger partial charge is 0.503 e. The molecule has 1 aliphatic rings. The maximum atomic E-state index is 14.0. The minimum absolute atomic E-state index is 0.0815. The molecule has 1 N–H and O–H groups in total. The number of rotatable bonds is 4. The number of ketones is 1. The van der Waals surface area contributed by atoms with E-state index in [4.69, 9.17) is 0 Å². The van der Waals surface area contributed by atoms with Crippen LogP contribution in [-0.2, 0) is 9.59 Å². The number of hydrogen-bond donors (Lipinski definition) is 1. The second kappa shape index (κ2) is 5.28. The zero-order valence-electron chi connectivity index (χ0n) is 11.0. The molecular weight excluding hydrogens is 261 g/mol. The summed E-state index contributed by atoms with van der Waals surface area (Å²) in [5.41, 5.74) is 0.0962. The molecule has 0 saturated carbocycles. The third-order valence-electron chi connectivity index (χ3n) is 3.21. The third kappa shape index (κ3) is 2.11. The lowest BCUT2D eigenvalue weighted by molar-refractivity contribution is -0.128. The Labute approximate surface area is 115 Å². The quantitative estimate of drug-likeness (QED) is 0.858. The number of halogens is 1. The summed E-state index contributed by atoms with van der Waals surface area (Å²) in [6, 6.07) is 4.95. The van der Waals surface area contributed by atoms with Crippen molar-refractivity contribution in [2.75, 3.05) is 6.54 Å². The summed E-state index contributed by atoms with van der Waals surface area (Å²) in [7, 11) is 0. The van der Waals surface area contributed by atoms with E-state index in [9.17, 15) is 19.1 Å². The molecule has 0 aliphatic carbocycles. The first-order chi connectivity index (χ1) is 9.49. The standard InChI is InChI=1S/C15H14FNO3/c1-3-8-17-13(10-6-4-5-7-11(10)16)12(9(2)18)14(19)15(17)20/h3-7,13,19H,1,8H2,2H3/t13-/m1/s1. The molecule has 4 nitrogen and oxygen atoms in total. The number of hydrogen-bond acceptors (Lipinski definition) is 3. The molecule has 1 heterocycles. The van der Waals surface area contributed by atoms with Crippen LogP contribution in [-0.4, -0.2) is 28.2 Å². The van der Waals surface area contributed by atoms with E-state index >= 15 is 0 Å². The summed E-state index contributed by atoms with van der Waals surface area (Å²) in [4.78, 5) is 24.9. The number of carbonyl (C=O) groups is 2. The number of benzene rings is 1. The molecule has 20 heavy (non-hydrogen) atoms. The van der Waals surface area contributed by atoms with Crippen molar-refractivity contribution in [3.8, 4) is 0 Å². The fourth-order valence-corrected chi connectivity index (χ4v) is 2.36. The highest BCUT2D eigenvalue weighted by Gasteiger charge is 2.42. The van der Waals surface area contributed by atoms with Crippen molar-refractivity contribution in [1.29, 1.82) is 0 Å². The summed E-state index contributed by atoms with van der Waals surface area (Å²) in [6.07, 6.45) is 1.46. The molecule has 2 rings (SSSR count). The van der Waals surface area contributed by atoms with Crippen LogP contribution in [0.2, 0.25) is 0 Å². The number of nitrogens with zero attached hydrogens (tertiary/aromatic N) is 1. The molecule has 1 aromatic rings. The van der Waals surface area contributed by atoms with Crippen LogP contribution in [0.1, 0.15) is 18.5 Å². The summed E-state index contributed by atoms with van der Waals surface area (Å²) in [5.74, 6) is -2.31. The maximum Gasteiger partial charge on any atom is 0.290 e. The zero-order chi connectivity index (χ0) is 14.9. The Hall–Kier alpha value is -2.43. The summed E-state index contributed by atoms with van der Waals surface area (Å²) in [5, 5.41) is 9.86. The smallest absolute Gasteiger partial charge is 0.290 e. The van der Waals surface area contributed by atoms with E-state index in [-0.39, 0.29) is 17.7 Å². The van der Waals surface area contributed by atoms with E-state index < -0.39 is 29.3 Å². The first kappa shape index (κ1) is 14.0. The number of aliphatic hydroxyl groups is 1. The van der Waals surface area contributed by atoms with E-state index in [1.165, 1.54) is 36.1 Å². The zero-order valence-corrected chi connectivity index (χ0v) is 11.0. The molecular formula is C15H14FNO3. The predicted molar refractivity (Wildman–Crippen MR) is 71.4 cm³/mol. The van der Waals surface area contributed by atoms with E-state index in [0.29, 0.717) is 0 Å². The lowest BCUT2D eigenvalue weighted by Gasteiger charge is -2.25. The Balaban J connectivity index is 2.61. The highest BCUT2D eigenvalue weighted by atomic mass is 19.1. The van der Waals surface area contributed by atoms with Gasteiger partial charge in [-0.3, -0.25) is 9.59 Å². The van der Waals surface area contributed by atoms with Crippen LogP contribution in [0.25, 0.3) is 0 Å². The van der Waals surface area contributed by atoms with Crippen molar-refractivity contribution in [2.24, 2.45) is 0 Å². The number of amides is 1. The molecule has 1 aromatic carbocycles. The molecule has 0 aromatic heterocycles. The average Bonchev–Trinajstić information content (AvgIpc) is 2.65. The van der Waals surface area contributed by atoms with Gasteiger partial charge in [-0.2, -0.15) is 0 Å². The van der Waals surface area contributed by atoms with Gasteiger partial charge in [0.25, 0.3) is 5.91 Å². The molecule has 0 bridgehead atoms. The highest BCUT2D eigenvalue weighted by molar-refractivity contribution is 6.08. The van der Waals surface area contributed by atoms with Crippen LogP contribution in [0.15, 0.2) is 48.3 Å². The van der Waals surface area contributed by atoms with Gasteiger partial charge in [-0.05, 0) is 13.0 Å². The maximum absolute atomic E-state index is 14.0. The monoisotopic (exact) mass is 275 g/mol. The molecule has 1 atom stereocenters. The highest BCUT2D eigenvalue weighted by Crippen LogP contribution is 2.38. The molecule has 0 fully saturated rings. The van der Waals surface area contributed by atoms with Gasteiger partial charge in [-0.1, -0.05) is 24.3 Å². The number of Topliss-reactive ketones (excluding diaryl/α,β-unsaturated/α-hetero) is 1. The van der Waals surface area contributed by atoms with Crippen LogP contribution in [0.5, 0.6) is 0 Å². The minimum Gasteiger partial charge on any atom is -0.503 e. The van der Waals surface area contributed by atoms with Crippen LogP contribution in [0.4, 0.5) is 4.39 Å². The van der Waals surface area contributed by atoms with Crippen molar-refractivity contribution >= 4 is 11.7 Å². The van der Waals surface area contributed by atoms with Gasteiger partial charge in [0.2, 0.25) is 0 Å². The van der Waals surface area contributed by atoms with Gasteiger partial charge in [-0.25, -0.2) is 4.39 Å². The molecule has 5 heteroatoms. The van der Waals surface area contributed by atoms with Gasteiger partial charge >= 0.3 is 0 Å². The van der Waals surface area contributed by atoms with Crippen LogP contribution in [0.3, 0.4) is 0 Å². The Bertz CT molecular complexity index is 621. The molecule has 0 saturated heterocycles. The average molecular weight is 275 g/mol. The molecule has 1 amide bonds. The molecule has 0 radical (unpaired) electrons. The van der Waals surface area contributed by atoms with Crippen molar-refractivity contribution < 1.29 is 19.1 Å².